The third kappa shape index (κ3) is 5.58. The third-order valence-electron chi connectivity index (χ3n) is 4.02. The number of amides is 3. The molecule has 0 aliphatic heterocycles. The van der Waals surface area contributed by atoms with E-state index in [4.69, 9.17) is 4.74 Å². The second-order valence-corrected chi connectivity index (χ2v) is 6.93. The number of fused-ring (bicyclic) bond motifs is 1. The van der Waals surface area contributed by atoms with Crippen LogP contribution in [0.2, 0.25) is 0 Å². The van der Waals surface area contributed by atoms with Crippen LogP contribution in [-0.4, -0.2) is 25.1 Å². The Kier molecular flexibility index (Phi) is 6.86. The number of hydrogen-bond donors (Lipinski definition) is 3. The molecule has 0 unspecified atom stereocenters. The van der Waals surface area contributed by atoms with Crippen LogP contribution in [0.25, 0.3) is 10.8 Å². The van der Waals surface area contributed by atoms with E-state index in [1.165, 1.54) is 0 Å². The maximum absolute atomic E-state index is 12.2. The lowest BCUT2D eigenvalue weighted by molar-refractivity contribution is -0.118. The number of nitrogens with one attached hydrogen (secondary N) is 3. The maximum Gasteiger partial charge on any atom is 0.319 e. The van der Waals surface area contributed by atoms with E-state index in [1.807, 2.05) is 36.4 Å². The van der Waals surface area contributed by atoms with Gasteiger partial charge in [0.1, 0.15) is 5.75 Å². The molecule has 3 rings (SSSR count). The van der Waals surface area contributed by atoms with Gasteiger partial charge in [0, 0.05) is 17.9 Å². The summed E-state index contributed by atoms with van der Waals surface area (Å²) in [5.74, 6) is 0.318. The SMILES string of the molecule is C=CCNC(=O)Nc1ccc(NC(=O)COc2ccc3ccccc3c2Br)cc1. The molecule has 29 heavy (non-hydrogen) atoms. The zero-order valence-electron chi connectivity index (χ0n) is 15.6. The molecule has 3 N–H and O–H groups in total. The third-order valence-corrected chi connectivity index (χ3v) is 4.84. The zero-order chi connectivity index (χ0) is 20.6. The molecule has 3 aromatic rings. The second kappa shape index (κ2) is 9.75. The molecule has 3 amide bonds. The van der Waals surface area contributed by atoms with Crippen molar-refractivity contribution >= 4 is 50.0 Å². The molecule has 0 saturated heterocycles. The number of halogens is 1. The molecule has 0 spiro atoms. The van der Waals surface area contributed by atoms with Crippen molar-refractivity contribution in [2.45, 2.75) is 0 Å². The van der Waals surface area contributed by atoms with Crippen LogP contribution in [0, 0.1) is 0 Å². The summed E-state index contributed by atoms with van der Waals surface area (Å²) in [5.41, 5.74) is 1.22. The van der Waals surface area contributed by atoms with Crippen LogP contribution < -0.4 is 20.7 Å². The lowest BCUT2D eigenvalue weighted by atomic mass is 10.1. The Morgan fingerprint density at radius 1 is 0.966 bits per heavy atom. The molecule has 0 aliphatic carbocycles. The first-order valence-corrected chi connectivity index (χ1v) is 9.72. The lowest BCUT2D eigenvalue weighted by Crippen LogP contribution is -2.28. The maximum atomic E-state index is 12.2. The average molecular weight is 454 g/mol. The predicted molar refractivity (Wildman–Crippen MR) is 119 cm³/mol. The van der Waals surface area contributed by atoms with E-state index in [1.54, 1.807) is 30.3 Å². The summed E-state index contributed by atoms with van der Waals surface area (Å²) in [4.78, 5) is 23.8. The first-order chi connectivity index (χ1) is 14.1. The Morgan fingerprint density at radius 2 is 1.66 bits per heavy atom. The largest absolute Gasteiger partial charge is 0.483 e. The zero-order valence-corrected chi connectivity index (χ0v) is 17.2. The van der Waals surface area contributed by atoms with Crippen LogP contribution in [0.4, 0.5) is 16.2 Å². The van der Waals surface area contributed by atoms with E-state index in [2.05, 4.69) is 38.5 Å². The molecule has 0 fully saturated rings. The molecular formula is C22H20BrN3O3. The highest BCUT2D eigenvalue weighted by molar-refractivity contribution is 9.10. The Hall–Kier alpha value is -3.32. The molecular weight excluding hydrogens is 434 g/mol. The number of benzene rings is 3. The Bertz CT molecular complexity index is 1040. The first kappa shape index (κ1) is 20.4. The van der Waals surface area contributed by atoms with Gasteiger partial charge in [-0.05, 0) is 57.0 Å². The van der Waals surface area contributed by atoms with Crippen LogP contribution in [0.5, 0.6) is 5.75 Å². The van der Waals surface area contributed by atoms with E-state index in [0.717, 1.165) is 15.2 Å². The van der Waals surface area contributed by atoms with Gasteiger partial charge >= 0.3 is 6.03 Å². The van der Waals surface area contributed by atoms with Crippen molar-refractivity contribution in [2.24, 2.45) is 0 Å². The van der Waals surface area contributed by atoms with E-state index in [0.29, 0.717) is 23.7 Å². The number of carbonyl (C=O) groups is 2. The van der Waals surface area contributed by atoms with Gasteiger partial charge in [0.2, 0.25) is 0 Å². The Morgan fingerprint density at radius 3 is 2.38 bits per heavy atom. The van der Waals surface area contributed by atoms with Crippen LogP contribution in [-0.2, 0) is 4.79 Å². The molecule has 0 saturated carbocycles. The smallest absolute Gasteiger partial charge is 0.319 e. The van der Waals surface area contributed by atoms with Gasteiger partial charge in [0.25, 0.3) is 5.91 Å². The van der Waals surface area contributed by atoms with E-state index in [-0.39, 0.29) is 18.5 Å². The van der Waals surface area contributed by atoms with E-state index in [9.17, 15) is 9.59 Å². The van der Waals surface area contributed by atoms with Gasteiger partial charge in [-0.15, -0.1) is 6.58 Å². The number of carbonyl (C=O) groups excluding carboxylic acids is 2. The number of urea groups is 1. The fraction of sp³-hybridized carbons (Fsp3) is 0.0909. The van der Waals surface area contributed by atoms with Crippen molar-refractivity contribution in [3.63, 3.8) is 0 Å². The summed E-state index contributed by atoms with van der Waals surface area (Å²) < 4.78 is 6.47. The minimum atomic E-state index is -0.323. The van der Waals surface area contributed by atoms with Crippen molar-refractivity contribution < 1.29 is 14.3 Å². The highest BCUT2D eigenvalue weighted by atomic mass is 79.9. The molecule has 0 aliphatic rings. The number of anilines is 2. The molecule has 0 bridgehead atoms. The molecule has 7 heteroatoms. The average Bonchev–Trinajstić information content (AvgIpc) is 2.73. The summed E-state index contributed by atoms with van der Waals surface area (Å²) in [5, 5.41) is 10.2. The van der Waals surface area contributed by atoms with Crippen LogP contribution in [0.3, 0.4) is 0 Å². The Labute approximate surface area is 177 Å². The predicted octanol–water partition coefficient (Wildman–Crippen LogP) is 4.93. The van der Waals surface area contributed by atoms with Gasteiger partial charge in [-0.25, -0.2) is 4.79 Å². The van der Waals surface area contributed by atoms with Gasteiger partial charge in [-0.2, -0.15) is 0 Å². The van der Waals surface area contributed by atoms with Crippen molar-refractivity contribution in [3.8, 4) is 5.75 Å². The molecule has 0 aromatic heterocycles. The first-order valence-electron chi connectivity index (χ1n) is 8.92. The quantitative estimate of drug-likeness (QED) is 0.443. The Balaban J connectivity index is 1.54. The number of ether oxygens (including phenoxy) is 1. The summed E-state index contributed by atoms with van der Waals surface area (Å²) in [6.45, 7) is 3.79. The number of hydrogen-bond acceptors (Lipinski definition) is 3. The second-order valence-electron chi connectivity index (χ2n) is 6.14. The molecule has 0 heterocycles. The van der Waals surface area contributed by atoms with Crippen molar-refractivity contribution in [2.75, 3.05) is 23.8 Å². The standard InChI is InChI=1S/C22H20BrN3O3/c1-2-13-24-22(28)26-17-10-8-16(9-11-17)25-20(27)14-29-19-12-7-15-5-3-4-6-18(15)21(19)23/h2-12H,1,13-14H2,(H,25,27)(H2,24,26,28). The monoisotopic (exact) mass is 453 g/mol. The van der Waals surface area contributed by atoms with Gasteiger partial charge in [-0.1, -0.05) is 36.4 Å². The molecule has 0 atom stereocenters. The van der Waals surface area contributed by atoms with Gasteiger partial charge in [-0.3, -0.25) is 4.79 Å². The topological polar surface area (TPSA) is 79.5 Å². The van der Waals surface area contributed by atoms with Gasteiger partial charge in [0.15, 0.2) is 6.61 Å². The fourth-order valence-corrected chi connectivity index (χ4v) is 3.25. The highest BCUT2D eigenvalue weighted by Crippen LogP contribution is 2.33. The number of rotatable bonds is 7. The minimum absolute atomic E-state index is 0.124. The molecule has 3 aromatic carbocycles. The van der Waals surface area contributed by atoms with Crippen molar-refractivity contribution in [1.82, 2.24) is 5.32 Å². The van der Waals surface area contributed by atoms with Crippen molar-refractivity contribution in [1.29, 1.82) is 0 Å². The van der Waals surface area contributed by atoms with Gasteiger partial charge in [0.05, 0.1) is 4.47 Å². The normalized spacial score (nSPS) is 10.2. The highest BCUT2D eigenvalue weighted by Gasteiger charge is 2.09. The summed E-state index contributed by atoms with van der Waals surface area (Å²) in [6, 6.07) is 18.2. The summed E-state index contributed by atoms with van der Waals surface area (Å²) in [6.07, 6.45) is 1.59. The van der Waals surface area contributed by atoms with Crippen LogP contribution in [0.1, 0.15) is 0 Å². The summed E-state index contributed by atoms with van der Waals surface area (Å²) >= 11 is 3.54. The molecule has 6 nitrogen and oxygen atoms in total. The van der Waals surface area contributed by atoms with Gasteiger partial charge < -0.3 is 20.7 Å². The van der Waals surface area contributed by atoms with Crippen LogP contribution >= 0.6 is 15.9 Å². The van der Waals surface area contributed by atoms with Crippen LogP contribution in [0.15, 0.2) is 77.8 Å². The molecule has 148 valence electrons. The van der Waals surface area contributed by atoms with Crippen molar-refractivity contribution in [3.05, 3.63) is 77.8 Å². The minimum Gasteiger partial charge on any atom is -0.483 e. The van der Waals surface area contributed by atoms with E-state index >= 15 is 0 Å². The van der Waals surface area contributed by atoms with E-state index < -0.39 is 0 Å². The molecule has 0 radical (unpaired) electrons. The summed E-state index contributed by atoms with van der Waals surface area (Å²) in [7, 11) is 0. The fourth-order valence-electron chi connectivity index (χ4n) is 2.64. The lowest BCUT2D eigenvalue weighted by Gasteiger charge is -2.11.